The smallest absolute Gasteiger partial charge is 0.427 e. The number of phenols is 2. The van der Waals surface area contributed by atoms with Crippen LogP contribution in [0, 0.1) is 0 Å². The van der Waals surface area contributed by atoms with Gasteiger partial charge in [-0.1, -0.05) is 25.1 Å². The zero-order valence-electron chi connectivity index (χ0n) is 13.4. The summed E-state index contributed by atoms with van der Waals surface area (Å²) in [6.45, 7) is 1.71. The molecule has 8 nitrogen and oxygen atoms in total. The van der Waals surface area contributed by atoms with Crippen LogP contribution in [0.25, 0.3) is 0 Å². The molecule has 25 heavy (non-hydrogen) atoms. The largest absolute Gasteiger partial charge is 0.508 e. The topological polar surface area (TPSA) is 150 Å². The lowest BCUT2D eigenvalue weighted by Gasteiger charge is -2.29. The second-order valence-electron chi connectivity index (χ2n) is 5.87. The molecule has 0 saturated carbocycles. The molecule has 0 aliphatic rings. The molecule has 7 N–H and O–H groups in total. The number of benzene rings is 2. The summed E-state index contributed by atoms with van der Waals surface area (Å²) in [6.07, 6.45) is -0.259. The maximum absolute atomic E-state index is 11.2. The van der Waals surface area contributed by atoms with Gasteiger partial charge in [0.05, 0.1) is 11.3 Å². The van der Waals surface area contributed by atoms with E-state index in [1.165, 1.54) is 30.3 Å². The molecule has 0 bridgehead atoms. The molecule has 0 aliphatic heterocycles. The van der Waals surface area contributed by atoms with Gasteiger partial charge in [-0.25, -0.2) is 4.57 Å². The molecular weight excluding hydrogens is 349 g/mol. The average molecular weight is 369 g/mol. The molecule has 0 amide bonds. The summed E-state index contributed by atoms with van der Waals surface area (Å²) < 4.78 is 11.2. The molecule has 136 valence electrons. The van der Waals surface area contributed by atoms with Crippen molar-refractivity contribution in [3.63, 3.8) is 0 Å². The third kappa shape index (κ3) is 4.94. The van der Waals surface area contributed by atoms with E-state index in [2.05, 4.69) is 0 Å². The van der Waals surface area contributed by atoms with Gasteiger partial charge in [0.25, 0.3) is 0 Å². The van der Waals surface area contributed by atoms with Crippen LogP contribution in [0.3, 0.4) is 0 Å². The maximum atomic E-state index is 11.2. The van der Waals surface area contributed by atoms with Gasteiger partial charge in [-0.3, -0.25) is 5.09 Å². The lowest BCUT2D eigenvalue weighted by atomic mass is 9.89. The van der Waals surface area contributed by atoms with Crippen LogP contribution in [0.2, 0.25) is 0 Å². The lowest BCUT2D eigenvalue weighted by Crippen LogP contribution is -2.28. The van der Waals surface area contributed by atoms with Crippen molar-refractivity contribution in [1.29, 1.82) is 0 Å². The van der Waals surface area contributed by atoms with Gasteiger partial charge in [0.1, 0.15) is 11.5 Å². The summed E-state index contributed by atoms with van der Waals surface area (Å²) in [4.78, 5) is 18.1. The van der Waals surface area contributed by atoms with Gasteiger partial charge in [0.2, 0.25) is 0 Å². The minimum absolute atomic E-state index is 0.0732. The minimum atomic E-state index is -4.71. The Balaban J connectivity index is 2.35. The van der Waals surface area contributed by atoms with Crippen LogP contribution >= 0.6 is 7.75 Å². The van der Waals surface area contributed by atoms with E-state index in [9.17, 15) is 25.0 Å². The predicted molar refractivity (Wildman–Crippen MR) is 91.0 cm³/mol. The minimum Gasteiger partial charge on any atom is -0.508 e. The Hall–Kier alpha value is -2.09. The molecule has 0 spiro atoms. The second kappa shape index (κ2) is 7.03. The van der Waals surface area contributed by atoms with E-state index >= 15 is 0 Å². The average Bonchev–Trinajstić information content (AvgIpc) is 2.45. The van der Waals surface area contributed by atoms with Crippen LogP contribution in [-0.2, 0) is 10.4 Å². The highest BCUT2D eigenvalue weighted by Gasteiger charge is 2.35. The molecule has 2 rings (SSSR count). The van der Waals surface area contributed by atoms with Crippen molar-refractivity contribution >= 4 is 13.4 Å². The normalized spacial score (nSPS) is 13.5. The summed E-state index contributed by atoms with van der Waals surface area (Å²) in [6, 6.07) is 9.89. The number of aliphatic hydroxyl groups is 2. The van der Waals surface area contributed by atoms with E-state index in [4.69, 9.17) is 9.79 Å². The number of hydrogen-bond donors (Lipinski definition) is 7. The highest BCUT2D eigenvalue weighted by atomic mass is 31.2. The Kier molecular flexibility index (Phi) is 5.41. The Morgan fingerprint density at radius 2 is 1.68 bits per heavy atom. The molecule has 1 unspecified atom stereocenters. The van der Waals surface area contributed by atoms with E-state index in [0.29, 0.717) is 5.56 Å². The van der Waals surface area contributed by atoms with Gasteiger partial charge >= 0.3 is 7.75 Å². The zero-order chi connectivity index (χ0) is 18.8. The SMILES string of the molecule is CC(CC(O)(O)c1c(O)cccc1NP(=O)(O)O)c1ccc(O)cc1. The molecular formula is C16H20NO7P. The summed E-state index contributed by atoms with van der Waals surface area (Å²) in [7, 11) is -4.71. The van der Waals surface area contributed by atoms with E-state index in [1.54, 1.807) is 19.1 Å². The highest BCUT2D eigenvalue weighted by Crippen LogP contribution is 2.44. The van der Waals surface area contributed by atoms with Crippen LogP contribution in [-0.4, -0.2) is 30.2 Å². The first-order valence-corrected chi connectivity index (χ1v) is 9.01. The Morgan fingerprint density at radius 3 is 2.24 bits per heavy atom. The number of anilines is 1. The van der Waals surface area contributed by atoms with E-state index in [-0.39, 0.29) is 17.9 Å². The van der Waals surface area contributed by atoms with Crippen LogP contribution in [0.1, 0.15) is 30.4 Å². The third-order valence-electron chi connectivity index (χ3n) is 3.76. The summed E-state index contributed by atoms with van der Waals surface area (Å²) >= 11 is 0. The van der Waals surface area contributed by atoms with Crippen molar-refractivity contribution in [1.82, 2.24) is 0 Å². The number of phenolic OH excluding ortho intramolecular Hbond substituents is 2. The number of aromatic hydroxyl groups is 2. The summed E-state index contributed by atoms with van der Waals surface area (Å²) in [5, 5.41) is 42.2. The molecule has 9 heteroatoms. The molecule has 0 heterocycles. The first-order chi connectivity index (χ1) is 11.5. The van der Waals surface area contributed by atoms with Crippen molar-refractivity contribution in [3.8, 4) is 11.5 Å². The van der Waals surface area contributed by atoms with Crippen molar-refractivity contribution in [2.24, 2.45) is 0 Å². The van der Waals surface area contributed by atoms with Crippen molar-refractivity contribution in [2.45, 2.75) is 25.0 Å². The second-order valence-corrected chi connectivity index (χ2v) is 7.18. The molecule has 0 radical (unpaired) electrons. The highest BCUT2D eigenvalue weighted by molar-refractivity contribution is 7.53. The Labute approximate surface area is 144 Å². The summed E-state index contributed by atoms with van der Waals surface area (Å²) in [5.74, 6) is -3.39. The lowest BCUT2D eigenvalue weighted by molar-refractivity contribution is -0.177. The van der Waals surface area contributed by atoms with Gasteiger partial charge in [-0.05, 0) is 35.7 Å². The standard InChI is InChI=1S/C16H20NO7P/c1-10(11-5-7-12(18)8-6-11)9-16(20,21)15-13(17-25(22,23)24)3-2-4-14(15)19/h2-8,10,18-21H,9H2,1H3,(H3,17,22,23,24). The van der Waals surface area contributed by atoms with Gasteiger partial charge in [0.15, 0.2) is 5.79 Å². The van der Waals surface area contributed by atoms with Crippen molar-refractivity contribution in [3.05, 3.63) is 53.6 Å². The maximum Gasteiger partial charge on any atom is 0.427 e. The van der Waals surface area contributed by atoms with Gasteiger partial charge in [0, 0.05) is 6.42 Å². The van der Waals surface area contributed by atoms with E-state index in [1.807, 2.05) is 5.09 Å². The predicted octanol–water partition coefficient (Wildman–Crippen LogP) is 1.93. The molecule has 0 aromatic heterocycles. The third-order valence-corrected chi connectivity index (χ3v) is 4.29. The van der Waals surface area contributed by atoms with Crippen LogP contribution in [0.5, 0.6) is 11.5 Å². The molecule has 0 fully saturated rings. The van der Waals surface area contributed by atoms with E-state index in [0.717, 1.165) is 0 Å². The molecule has 2 aromatic rings. The molecule has 2 aromatic carbocycles. The number of rotatable bonds is 6. The zero-order valence-corrected chi connectivity index (χ0v) is 14.3. The fourth-order valence-corrected chi connectivity index (χ4v) is 3.16. The van der Waals surface area contributed by atoms with E-state index < -0.39 is 30.8 Å². The van der Waals surface area contributed by atoms with Gasteiger partial charge in [-0.15, -0.1) is 0 Å². The number of hydrogen-bond acceptors (Lipinski definition) is 5. The first-order valence-electron chi connectivity index (χ1n) is 7.39. The van der Waals surface area contributed by atoms with Gasteiger partial charge < -0.3 is 30.2 Å². The fourth-order valence-electron chi connectivity index (χ4n) is 2.66. The number of nitrogens with one attached hydrogen (secondary N) is 1. The van der Waals surface area contributed by atoms with Crippen LogP contribution in [0.15, 0.2) is 42.5 Å². The van der Waals surface area contributed by atoms with Crippen molar-refractivity contribution < 1.29 is 34.8 Å². The summed E-state index contributed by atoms with van der Waals surface area (Å²) in [5.41, 5.74) is 0.00499. The molecule has 0 saturated heterocycles. The monoisotopic (exact) mass is 369 g/mol. The van der Waals surface area contributed by atoms with Gasteiger partial charge in [-0.2, -0.15) is 0 Å². The van der Waals surface area contributed by atoms with Crippen LogP contribution < -0.4 is 5.09 Å². The molecule has 0 aliphatic carbocycles. The van der Waals surface area contributed by atoms with Crippen molar-refractivity contribution in [2.75, 3.05) is 5.09 Å². The quantitative estimate of drug-likeness (QED) is 0.301. The Bertz CT molecular complexity index is 786. The Morgan fingerprint density at radius 1 is 1.08 bits per heavy atom. The molecule has 1 atom stereocenters. The fraction of sp³-hybridized carbons (Fsp3) is 0.250. The van der Waals surface area contributed by atoms with Crippen LogP contribution in [0.4, 0.5) is 5.69 Å². The first kappa shape index (κ1) is 19.2.